The molecule has 1 aliphatic rings. The first-order valence-electron chi connectivity index (χ1n) is 6.89. The highest BCUT2D eigenvalue weighted by molar-refractivity contribution is 5.29. The smallest absolute Gasteiger partial charge is 0.294 e. The van der Waals surface area contributed by atoms with Gasteiger partial charge in [0.05, 0.1) is 5.56 Å². The van der Waals surface area contributed by atoms with Crippen molar-refractivity contribution >= 4 is 0 Å². The lowest BCUT2D eigenvalue weighted by Gasteiger charge is -2.28. The van der Waals surface area contributed by atoms with E-state index in [9.17, 15) is 13.2 Å². The van der Waals surface area contributed by atoms with E-state index in [-0.39, 0.29) is 0 Å². The minimum atomic E-state index is -4.28. The molecule has 0 aromatic heterocycles. The number of rotatable bonds is 2. The van der Waals surface area contributed by atoms with Gasteiger partial charge in [-0.15, -0.1) is 0 Å². The first-order valence-corrected chi connectivity index (χ1v) is 6.89. The molecule has 2 aromatic rings. The van der Waals surface area contributed by atoms with Crippen LogP contribution in [0.2, 0.25) is 0 Å². The van der Waals surface area contributed by atoms with Crippen LogP contribution in [0.3, 0.4) is 0 Å². The van der Waals surface area contributed by atoms with Gasteiger partial charge in [-0.25, -0.2) is 0 Å². The molecule has 0 fully saturated rings. The average Bonchev–Trinajstić information content (AvgIpc) is 2.46. The summed E-state index contributed by atoms with van der Waals surface area (Å²) in [5.74, 6) is 0. The average molecular weight is 290 g/mol. The molecule has 0 saturated carbocycles. The molecule has 4 heteroatoms. The summed E-state index contributed by atoms with van der Waals surface area (Å²) in [6, 6.07) is 14.6. The van der Waals surface area contributed by atoms with Gasteiger partial charge in [0.15, 0.2) is 0 Å². The molecule has 109 valence electrons. The number of hydrogen-bond donors (Lipinski definition) is 0. The number of fused-ring (bicyclic) bond motifs is 1. The highest BCUT2D eigenvalue weighted by Gasteiger charge is 2.30. The SMILES string of the molecule is FC(F)(F)c1cccc(CN2CCc3c[c]ccc3C2)c1. The second kappa shape index (κ2) is 5.53. The van der Waals surface area contributed by atoms with E-state index >= 15 is 0 Å². The Morgan fingerprint density at radius 1 is 1.14 bits per heavy atom. The Kier molecular flexibility index (Phi) is 3.72. The Bertz CT molecular complexity index is 634. The molecule has 0 spiro atoms. The van der Waals surface area contributed by atoms with Crippen molar-refractivity contribution in [2.75, 3.05) is 6.54 Å². The molecule has 0 bridgehead atoms. The maximum Gasteiger partial charge on any atom is 0.416 e. The van der Waals surface area contributed by atoms with E-state index in [0.29, 0.717) is 12.1 Å². The summed E-state index contributed by atoms with van der Waals surface area (Å²) < 4.78 is 38.2. The molecule has 0 saturated heterocycles. The maximum absolute atomic E-state index is 12.7. The third-order valence-electron chi connectivity index (χ3n) is 3.80. The van der Waals surface area contributed by atoms with Crippen LogP contribution in [0.25, 0.3) is 0 Å². The first-order chi connectivity index (χ1) is 10.0. The van der Waals surface area contributed by atoms with Crippen molar-refractivity contribution in [1.82, 2.24) is 4.90 Å². The lowest BCUT2D eigenvalue weighted by atomic mass is 9.99. The lowest BCUT2D eigenvalue weighted by Crippen LogP contribution is -2.30. The molecular weight excluding hydrogens is 275 g/mol. The largest absolute Gasteiger partial charge is 0.416 e. The fourth-order valence-electron chi connectivity index (χ4n) is 2.72. The van der Waals surface area contributed by atoms with Crippen LogP contribution in [0.1, 0.15) is 22.3 Å². The molecule has 0 aliphatic carbocycles. The Balaban J connectivity index is 1.74. The van der Waals surface area contributed by atoms with Gasteiger partial charge in [-0.1, -0.05) is 36.4 Å². The maximum atomic E-state index is 12.7. The van der Waals surface area contributed by atoms with Gasteiger partial charge in [0.2, 0.25) is 0 Å². The van der Waals surface area contributed by atoms with Gasteiger partial charge in [-0.2, -0.15) is 13.2 Å². The van der Waals surface area contributed by atoms with E-state index < -0.39 is 11.7 Å². The van der Waals surface area contributed by atoms with Gasteiger partial charge in [0.1, 0.15) is 0 Å². The van der Waals surface area contributed by atoms with E-state index in [2.05, 4.69) is 11.0 Å². The summed E-state index contributed by atoms with van der Waals surface area (Å²) in [5.41, 5.74) is 2.66. The minimum Gasteiger partial charge on any atom is -0.294 e. The molecule has 0 atom stereocenters. The molecule has 1 aliphatic heterocycles. The molecule has 0 unspecified atom stereocenters. The van der Waals surface area contributed by atoms with E-state index in [4.69, 9.17) is 0 Å². The van der Waals surface area contributed by atoms with Crippen LogP contribution < -0.4 is 0 Å². The van der Waals surface area contributed by atoms with Gasteiger partial charge in [-0.3, -0.25) is 4.90 Å². The third kappa shape index (κ3) is 3.27. The molecular formula is C17H15F3N. The van der Waals surface area contributed by atoms with Crippen LogP contribution >= 0.6 is 0 Å². The highest BCUT2D eigenvalue weighted by Crippen LogP contribution is 2.30. The van der Waals surface area contributed by atoms with Crippen LogP contribution in [-0.2, 0) is 25.7 Å². The Morgan fingerprint density at radius 2 is 2.00 bits per heavy atom. The number of alkyl halides is 3. The summed E-state index contributed by atoms with van der Waals surface area (Å²) in [4.78, 5) is 2.18. The summed E-state index contributed by atoms with van der Waals surface area (Å²) >= 11 is 0. The monoisotopic (exact) mass is 290 g/mol. The van der Waals surface area contributed by atoms with Crippen molar-refractivity contribution in [2.45, 2.75) is 25.7 Å². The zero-order valence-corrected chi connectivity index (χ0v) is 11.5. The van der Waals surface area contributed by atoms with Crippen molar-refractivity contribution in [3.05, 3.63) is 70.8 Å². The Morgan fingerprint density at radius 3 is 2.81 bits per heavy atom. The quantitative estimate of drug-likeness (QED) is 0.806. The van der Waals surface area contributed by atoms with Crippen LogP contribution in [0.5, 0.6) is 0 Å². The third-order valence-corrected chi connectivity index (χ3v) is 3.80. The minimum absolute atomic E-state index is 0.544. The van der Waals surface area contributed by atoms with Crippen molar-refractivity contribution in [2.24, 2.45) is 0 Å². The molecule has 21 heavy (non-hydrogen) atoms. The van der Waals surface area contributed by atoms with Gasteiger partial charge in [0, 0.05) is 19.6 Å². The van der Waals surface area contributed by atoms with Crippen LogP contribution in [0, 0.1) is 6.07 Å². The van der Waals surface area contributed by atoms with E-state index in [1.807, 2.05) is 18.2 Å². The number of hydrogen-bond acceptors (Lipinski definition) is 1. The van der Waals surface area contributed by atoms with Gasteiger partial charge >= 0.3 is 6.18 Å². The summed E-state index contributed by atoms with van der Waals surface area (Å²) in [7, 11) is 0. The number of halogens is 3. The fourth-order valence-corrected chi connectivity index (χ4v) is 2.72. The van der Waals surface area contributed by atoms with Crippen molar-refractivity contribution in [1.29, 1.82) is 0 Å². The van der Waals surface area contributed by atoms with Crippen molar-refractivity contribution < 1.29 is 13.2 Å². The highest BCUT2D eigenvalue weighted by atomic mass is 19.4. The number of benzene rings is 2. The zero-order chi connectivity index (χ0) is 14.9. The Hall–Kier alpha value is -1.81. The predicted molar refractivity (Wildman–Crippen MR) is 74.5 cm³/mol. The van der Waals surface area contributed by atoms with Crippen LogP contribution in [-0.4, -0.2) is 11.4 Å². The summed E-state index contributed by atoms with van der Waals surface area (Å²) in [6.07, 6.45) is -3.36. The number of nitrogens with zero attached hydrogens (tertiary/aromatic N) is 1. The molecule has 0 N–H and O–H groups in total. The molecule has 3 rings (SSSR count). The van der Waals surface area contributed by atoms with E-state index in [1.165, 1.54) is 23.3 Å². The predicted octanol–water partition coefficient (Wildman–Crippen LogP) is 4.06. The lowest BCUT2D eigenvalue weighted by molar-refractivity contribution is -0.137. The molecule has 0 amide bonds. The second-order valence-electron chi connectivity index (χ2n) is 5.35. The van der Waals surface area contributed by atoms with Gasteiger partial charge in [-0.05, 0) is 35.2 Å². The van der Waals surface area contributed by atoms with Crippen molar-refractivity contribution in [3.8, 4) is 0 Å². The van der Waals surface area contributed by atoms with Gasteiger partial charge in [0.25, 0.3) is 0 Å². The topological polar surface area (TPSA) is 3.24 Å². The Labute approximate surface area is 122 Å². The second-order valence-corrected chi connectivity index (χ2v) is 5.35. The van der Waals surface area contributed by atoms with E-state index in [1.54, 1.807) is 6.07 Å². The zero-order valence-electron chi connectivity index (χ0n) is 11.5. The molecule has 1 heterocycles. The van der Waals surface area contributed by atoms with Gasteiger partial charge < -0.3 is 0 Å². The first kappa shape index (κ1) is 14.1. The van der Waals surface area contributed by atoms with E-state index in [0.717, 1.165) is 25.6 Å². The fraction of sp³-hybridized carbons (Fsp3) is 0.294. The molecule has 1 radical (unpaired) electrons. The normalized spacial score (nSPS) is 15.8. The molecule has 2 aromatic carbocycles. The van der Waals surface area contributed by atoms with Crippen molar-refractivity contribution in [3.63, 3.8) is 0 Å². The summed E-state index contributed by atoms with van der Waals surface area (Å²) in [6.45, 7) is 2.18. The standard InChI is InChI=1S/C17H15F3N/c18-17(19,20)16-7-3-4-13(10-16)11-21-9-8-14-5-1-2-6-15(14)12-21/h2-7,10H,8-9,11-12H2. The van der Waals surface area contributed by atoms with Crippen LogP contribution in [0.15, 0.2) is 42.5 Å². The molecule has 1 nitrogen and oxygen atoms in total. The van der Waals surface area contributed by atoms with Crippen LogP contribution in [0.4, 0.5) is 13.2 Å². The summed E-state index contributed by atoms with van der Waals surface area (Å²) in [5, 5.41) is 0.